The Morgan fingerprint density at radius 1 is 1.25 bits per heavy atom. The standard InChI is InChI=1S/C18H23N3O3/c1-3-11-19-18(23)13(2)21-16(22)9-10-17-20-12-15(24-17)14-7-5-4-6-8-14/h4-8,12-13H,3,9-11H2,1-2H3,(H,19,23)(H,21,22). The largest absolute Gasteiger partial charge is 0.441 e. The van der Waals surface area contributed by atoms with Crippen molar-refractivity contribution in [1.29, 1.82) is 0 Å². The predicted molar refractivity (Wildman–Crippen MR) is 91.2 cm³/mol. The number of rotatable bonds is 8. The molecule has 0 aliphatic rings. The van der Waals surface area contributed by atoms with E-state index in [1.54, 1.807) is 13.1 Å². The zero-order chi connectivity index (χ0) is 17.4. The van der Waals surface area contributed by atoms with Crippen molar-refractivity contribution >= 4 is 11.8 Å². The van der Waals surface area contributed by atoms with Gasteiger partial charge in [0, 0.05) is 24.9 Å². The van der Waals surface area contributed by atoms with Crippen molar-refractivity contribution in [3.05, 3.63) is 42.4 Å². The van der Waals surface area contributed by atoms with E-state index in [4.69, 9.17) is 4.42 Å². The molecule has 0 aliphatic heterocycles. The molecule has 2 N–H and O–H groups in total. The Labute approximate surface area is 141 Å². The van der Waals surface area contributed by atoms with E-state index in [1.807, 2.05) is 37.3 Å². The van der Waals surface area contributed by atoms with Gasteiger partial charge >= 0.3 is 0 Å². The normalized spacial score (nSPS) is 11.8. The van der Waals surface area contributed by atoms with Gasteiger partial charge in [-0.25, -0.2) is 4.98 Å². The van der Waals surface area contributed by atoms with Crippen LogP contribution in [-0.4, -0.2) is 29.4 Å². The molecule has 2 amide bonds. The molecule has 0 radical (unpaired) electrons. The van der Waals surface area contributed by atoms with E-state index in [0.29, 0.717) is 24.6 Å². The van der Waals surface area contributed by atoms with Crippen LogP contribution in [0, 0.1) is 0 Å². The van der Waals surface area contributed by atoms with Crippen molar-refractivity contribution < 1.29 is 14.0 Å². The van der Waals surface area contributed by atoms with E-state index >= 15 is 0 Å². The summed E-state index contributed by atoms with van der Waals surface area (Å²) in [5.41, 5.74) is 0.946. The highest BCUT2D eigenvalue weighted by Gasteiger charge is 2.15. The SMILES string of the molecule is CCCNC(=O)C(C)NC(=O)CCc1ncc(-c2ccccc2)o1. The molecule has 1 heterocycles. The summed E-state index contributed by atoms with van der Waals surface area (Å²) in [6.45, 7) is 4.25. The van der Waals surface area contributed by atoms with Gasteiger partial charge in [-0.1, -0.05) is 37.3 Å². The Hall–Kier alpha value is -2.63. The third-order valence-corrected chi connectivity index (χ3v) is 3.50. The highest BCUT2D eigenvalue weighted by atomic mass is 16.4. The van der Waals surface area contributed by atoms with E-state index < -0.39 is 6.04 Å². The molecule has 128 valence electrons. The van der Waals surface area contributed by atoms with Crippen molar-refractivity contribution in [1.82, 2.24) is 15.6 Å². The molecule has 1 aromatic carbocycles. The third-order valence-electron chi connectivity index (χ3n) is 3.50. The highest BCUT2D eigenvalue weighted by molar-refractivity contribution is 5.87. The quantitative estimate of drug-likeness (QED) is 0.778. The molecule has 1 aromatic heterocycles. The van der Waals surface area contributed by atoms with Gasteiger partial charge in [-0.15, -0.1) is 0 Å². The maximum Gasteiger partial charge on any atom is 0.242 e. The number of aryl methyl sites for hydroxylation is 1. The second-order valence-electron chi connectivity index (χ2n) is 5.56. The maximum atomic E-state index is 11.9. The van der Waals surface area contributed by atoms with E-state index in [2.05, 4.69) is 15.6 Å². The smallest absolute Gasteiger partial charge is 0.242 e. The fraction of sp³-hybridized carbons (Fsp3) is 0.389. The average molecular weight is 329 g/mol. The number of aromatic nitrogens is 1. The molecule has 0 aliphatic carbocycles. The van der Waals surface area contributed by atoms with Crippen LogP contribution in [-0.2, 0) is 16.0 Å². The fourth-order valence-electron chi connectivity index (χ4n) is 2.16. The second-order valence-corrected chi connectivity index (χ2v) is 5.56. The minimum atomic E-state index is -0.548. The number of benzene rings is 1. The Balaban J connectivity index is 1.80. The molecule has 0 saturated heterocycles. The Bertz CT molecular complexity index is 667. The number of amides is 2. The summed E-state index contributed by atoms with van der Waals surface area (Å²) in [6, 6.07) is 9.12. The topological polar surface area (TPSA) is 84.2 Å². The van der Waals surface area contributed by atoms with E-state index in [1.165, 1.54) is 0 Å². The highest BCUT2D eigenvalue weighted by Crippen LogP contribution is 2.20. The van der Waals surface area contributed by atoms with Crippen LogP contribution < -0.4 is 10.6 Å². The molecule has 0 fully saturated rings. The Morgan fingerprint density at radius 3 is 2.71 bits per heavy atom. The Morgan fingerprint density at radius 2 is 2.00 bits per heavy atom. The van der Waals surface area contributed by atoms with Crippen LogP contribution in [0.2, 0.25) is 0 Å². The molecule has 2 rings (SSSR count). The van der Waals surface area contributed by atoms with Crippen molar-refractivity contribution in [2.75, 3.05) is 6.54 Å². The minimum Gasteiger partial charge on any atom is -0.441 e. The third kappa shape index (κ3) is 5.22. The number of oxazole rings is 1. The van der Waals surface area contributed by atoms with Gasteiger partial charge in [0.15, 0.2) is 11.7 Å². The summed E-state index contributed by atoms with van der Waals surface area (Å²) < 4.78 is 5.66. The lowest BCUT2D eigenvalue weighted by Crippen LogP contribution is -2.45. The molecular weight excluding hydrogens is 306 g/mol. The first-order chi connectivity index (χ1) is 11.6. The van der Waals surface area contributed by atoms with Crippen LogP contribution in [0.1, 0.15) is 32.6 Å². The van der Waals surface area contributed by atoms with Gasteiger partial charge in [0.25, 0.3) is 0 Å². The van der Waals surface area contributed by atoms with Gasteiger partial charge in [0.1, 0.15) is 6.04 Å². The molecule has 0 spiro atoms. The fourth-order valence-corrected chi connectivity index (χ4v) is 2.16. The predicted octanol–water partition coefficient (Wildman–Crippen LogP) is 2.31. The number of carbonyl (C=O) groups is 2. The number of carbonyl (C=O) groups excluding carboxylic acids is 2. The zero-order valence-electron chi connectivity index (χ0n) is 14.0. The van der Waals surface area contributed by atoms with E-state index in [9.17, 15) is 9.59 Å². The van der Waals surface area contributed by atoms with Gasteiger partial charge < -0.3 is 15.1 Å². The molecule has 6 heteroatoms. The van der Waals surface area contributed by atoms with Crippen LogP contribution in [0.5, 0.6) is 0 Å². The first kappa shape index (κ1) is 17.7. The van der Waals surface area contributed by atoms with Crippen LogP contribution in [0.3, 0.4) is 0 Å². The van der Waals surface area contributed by atoms with Gasteiger partial charge in [0.05, 0.1) is 6.20 Å². The number of hydrogen-bond donors (Lipinski definition) is 2. The molecule has 1 unspecified atom stereocenters. The lowest BCUT2D eigenvalue weighted by atomic mass is 10.2. The summed E-state index contributed by atoms with van der Waals surface area (Å²) in [4.78, 5) is 27.8. The summed E-state index contributed by atoms with van der Waals surface area (Å²) >= 11 is 0. The summed E-state index contributed by atoms with van der Waals surface area (Å²) in [5.74, 6) is 0.812. The summed E-state index contributed by atoms with van der Waals surface area (Å²) in [6.07, 6.45) is 3.13. The van der Waals surface area contributed by atoms with E-state index in [-0.39, 0.29) is 18.2 Å². The molecule has 0 saturated carbocycles. The summed E-state index contributed by atoms with van der Waals surface area (Å²) in [7, 11) is 0. The lowest BCUT2D eigenvalue weighted by Gasteiger charge is -2.13. The van der Waals surface area contributed by atoms with Gasteiger partial charge in [-0.05, 0) is 13.3 Å². The molecule has 24 heavy (non-hydrogen) atoms. The molecule has 0 bridgehead atoms. The molecular formula is C18H23N3O3. The van der Waals surface area contributed by atoms with Gasteiger partial charge in [0.2, 0.25) is 11.8 Å². The van der Waals surface area contributed by atoms with Gasteiger partial charge in [-0.2, -0.15) is 0 Å². The summed E-state index contributed by atoms with van der Waals surface area (Å²) in [5, 5.41) is 5.43. The van der Waals surface area contributed by atoms with Crippen molar-refractivity contribution in [2.24, 2.45) is 0 Å². The van der Waals surface area contributed by atoms with Gasteiger partial charge in [-0.3, -0.25) is 9.59 Å². The van der Waals surface area contributed by atoms with Crippen LogP contribution in [0.15, 0.2) is 40.9 Å². The monoisotopic (exact) mass is 329 g/mol. The molecule has 2 aromatic rings. The van der Waals surface area contributed by atoms with Crippen molar-refractivity contribution in [2.45, 2.75) is 39.2 Å². The Kier molecular flexibility index (Phi) is 6.54. The molecule has 6 nitrogen and oxygen atoms in total. The van der Waals surface area contributed by atoms with Crippen LogP contribution >= 0.6 is 0 Å². The average Bonchev–Trinajstić information content (AvgIpc) is 3.07. The van der Waals surface area contributed by atoms with Crippen LogP contribution in [0.4, 0.5) is 0 Å². The lowest BCUT2D eigenvalue weighted by molar-refractivity contribution is -0.128. The zero-order valence-corrected chi connectivity index (χ0v) is 14.0. The van der Waals surface area contributed by atoms with E-state index in [0.717, 1.165) is 12.0 Å². The van der Waals surface area contributed by atoms with Crippen molar-refractivity contribution in [3.8, 4) is 11.3 Å². The number of hydrogen-bond acceptors (Lipinski definition) is 4. The second kappa shape index (κ2) is 8.86. The minimum absolute atomic E-state index is 0.173. The molecule has 1 atom stereocenters. The van der Waals surface area contributed by atoms with Crippen molar-refractivity contribution in [3.63, 3.8) is 0 Å². The van der Waals surface area contributed by atoms with Crippen LogP contribution in [0.25, 0.3) is 11.3 Å². The first-order valence-electron chi connectivity index (χ1n) is 8.17. The number of nitrogens with zero attached hydrogens (tertiary/aromatic N) is 1. The first-order valence-corrected chi connectivity index (χ1v) is 8.17. The maximum absolute atomic E-state index is 11.9. The number of nitrogens with one attached hydrogen (secondary N) is 2.